The normalized spacial score (nSPS) is 19.5. The lowest BCUT2D eigenvalue weighted by Crippen LogP contribution is -2.45. The van der Waals surface area contributed by atoms with E-state index in [1.807, 2.05) is 58.9 Å². The fourth-order valence-corrected chi connectivity index (χ4v) is 4.32. The summed E-state index contributed by atoms with van der Waals surface area (Å²) in [5, 5.41) is 22.4. The minimum Gasteiger partial charge on any atom is -0.507 e. The highest BCUT2D eigenvalue weighted by Crippen LogP contribution is 2.45. The van der Waals surface area contributed by atoms with Crippen LogP contribution in [0.25, 0.3) is 5.76 Å². The molecule has 1 aliphatic carbocycles. The van der Waals surface area contributed by atoms with Crippen molar-refractivity contribution in [2.24, 2.45) is 5.41 Å². The number of allylic oxidation sites excluding steroid dienone is 10. The van der Waals surface area contributed by atoms with E-state index >= 15 is 0 Å². The third-order valence-corrected chi connectivity index (χ3v) is 6.64. The number of carbonyl (C=O) groups is 2. The standard InChI is InChI=1S/C33H42O4/c1-22(2)12-11-13-25(7)19-21-33(20-18-24(5)6)31(36)27(17-16-23(3)4)30(35)28(32(33)37)29(34)26-14-9-8-10-15-26/h8-10,12,14-16,18-19,34-35H,11,13,17,20-21H2,1-7H3. The second-order valence-electron chi connectivity index (χ2n) is 10.7. The molecule has 0 heterocycles. The minimum absolute atomic E-state index is 0.163. The van der Waals surface area contributed by atoms with Gasteiger partial charge in [-0.3, -0.25) is 9.59 Å². The van der Waals surface area contributed by atoms with E-state index in [0.29, 0.717) is 5.56 Å². The first-order valence-electron chi connectivity index (χ1n) is 13.0. The fourth-order valence-electron chi connectivity index (χ4n) is 4.32. The summed E-state index contributed by atoms with van der Waals surface area (Å²) in [7, 11) is 0. The van der Waals surface area contributed by atoms with E-state index in [0.717, 1.165) is 29.6 Å². The van der Waals surface area contributed by atoms with Crippen molar-refractivity contribution >= 4 is 17.3 Å². The Labute approximate surface area is 222 Å². The van der Waals surface area contributed by atoms with E-state index in [2.05, 4.69) is 19.9 Å². The zero-order chi connectivity index (χ0) is 27.8. The number of rotatable bonds is 10. The van der Waals surface area contributed by atoms with Gasteiger partial charge in [-0.2, -0.15) is 0 Å². The van der Waals surface area contributed by atoms with Gasteiger partial charge in [-0.1, -0.05) is 76.9 Å². The smallest absolute Gasteiger partial charge is 0.184 e. The van der Waals surface area contributed by atoms with Crippen LogP contribution in [0.2, 0.25) is 0 Å². The number of benzene rings is 1. The van der Waals surface area contributed by atoms with Crippen molar-refractivity contribution in [3.63, 3.8) is 0 Å². The molecule has 1 unspecified atom stereocenters. The van der Waals surface area contributed by atoms with E-state index in [1.165, 1.54) is 5.57 Å². The van der Waals surface area contributed by atoms with E-state index in [4.69, 9.17) is 0 Å². The highest BCUT2D eigenvalue weighted by atomic mass is 16.3. The topological polar surface area (TPSA) is 74.6 Å². The summed E-state index contributed by atoms with van der Waals surface area (Å²) in [6.45, 7) is 13.8. The van der Waals surface area contributed by atoms with Gasteiger partial charge < -0.3 is 10.2 Å². The zero-order valence-electron chi connectivity index (χ0n) is 23.4. The first kappa shape index (κ1) is 29.8. The molecule has 0 saturated carbocycles. The molecular formula is C33H42O4. The molecule has 4 nitrogen and oxygen atoms in total. The first-order chi connectivity index (χ1) is 17.4. The van der Waals surface area contributed by atoms with E-state index in [-0.39, 0.29) is 42.0 Å². The Morgan fingerprint density at radius 2 is 1.35 bits per heavy atom. The van der Waals surface area contributed by atoms with E-state index < -0.39 is 17.0 Å². The van der Waals surface area contributed by atoms with Crippen molar-refractivity contribution in [2.45, 2.75) is 80.6 Å². The van der Waals surface area contributed by atoms with Crippen LogP contribution in [-0.2, 0) is 9.59 Å². The summed E-state index contributed by atoms with van der Waals surface area (Å²) in [5.41, 5.74) is 3.29. The molecule has 0 aliphatic heterocycles. The molecule has 37 heavy (non-hydrogen) atoms. The van der Waals surface area contributed by atoms with Gasteiger partial charge in [0.05, 0.1) is 0 Å². The molecule has 1 aromatic rings. The van der Waals surface area contributed by atoms with Gasteiger partial charge >= 0.3 is 0 Å². The van der Waals surface area contributed by atoms with Crippen LogP contribution in [-0.4, -0.2) is 21.8 Å². The van der Waals surface area contributed by atoms with Gasteiger partial charge in [0.15, 0.2) is 11.6 Å². The molecule has 2 rings (SSSR count). The largest absolute Gasteiger partial charge is 0.507 e. The molecule has 198 valence electrons. The van der Waals surface area contributed by atoms with E-state index in [1.54, 1.807) is 24.3 Å². The third kappa shape index (κ3) is 7.55. The molecule has 0 bridgehead atoms. The summed E-state index contributed by atoms with van der Waals surface area (Å²) in [4.78, 5) is 28.3. The molecule has 0 fully saturated rings. The summed E-state index contributed by atoms with van der Waals surface area (Å²) in [6, 6.07) is 8.68. The number of aliphatic hydroxyl groups is 2. The second kappa shape index (κ2) is 13.2. The summed E-state index contributed by atoms with van der Waals surface area (Å²) < 4.78 is 0. The van der Waals surface area contributed by atoms with Crippen LogP contribution in [0.3, 0.4) is 0 Å². The van der Waals surface area contributed by atoms with Crippen molar-refractivity contribution in [2.75, 3.05) is 0 Å². The van der Waals surface area contributed by atoms with Crippen molar-refractivity contribution in [1.29, 1.82) is 0 Å². The Morgan fingerprint density at radius 3 is 1.92 bits per heavy atom. The Kier molecular flexibility index (Phi) is 10.7. The highest BCUT2D eigenvalue weighted by molar-refractivity contribution is 6.26. The predicted molar refractivity (Wildman–Crippen MR) is 153 cm³/mol. The van der Waals surface area contributed by atoms with Gasteiger partial charge in [-0.15, -0.1) is 0 Å². The average molecular weight is 503 g/mol. The molecule has 0 aromatic heterocycles. The number of carbonyl (C=O) groups excluding carboxylic acids is 2. The minimum atomic E-state index is -1.44. The lowest BCUT2D eigenvalue weighted by Gasteiger charge is -2.35. The Bertz CT molecular complexity index is 1190. The molecule has 0 amide bonds. The molecule has 1 atom stereocenters. The van der Waals surface area contributed by atoms with Gasteiger partial charge in [-0.05, 0) is 80.6 Å². The predicted octanol–water partition coefficient (Wildman–Crippen LogP) is 8.70. The Morgan fingerprint density at radius 1 is 0.784 bits per heavy atom. The lowest BCUT2D eigenvalue weighted by atomic mass is 9.64. The van der Waals surface area contributed by atoms with Crippen LogP contribution in [0.15, 0.2) is 93.8 Å². The van der Waals surface area contributed by atoms with Crippen LogP contribution < -0.4 is 0 Å². The Hall–Kier alpha value is -3.40. The van der Waals surface area contributed by atoms with Crippen LogP contribution in [0.5, 0.6) is 0 Å². The highest BCUT2D eigenvalue weighted by Gasteiger charge is 2.52. The van der Waals surface area contributed by atoms with Gasteiger partial charge in [-0.25, -0.2) is 0 Å². The van der Waals surface area contributed by atoms with Crippen LogP contribution in [0.4, 0.5) is 0 Å². The summed E-state index contributed by atoms with van der Waals surface area (Å²) in [5.74, 6) is -1.65. The van der Waals surface area contributed by atoms with Gasteiger partial charge in [0.1, 0.15) is 22.5 Å². The maximum atomic E-state index is 14.2. The summed E-state index contributed by atoms with van der Waals surface area (Å²) >= 11 is 0. The van der Waals surface area contributed by atoms with Crippen molar-refractivity contribution < 1.29 is 19.8 Å². The Balaban J connectivity index is 2.75. The number of Topliss-reactive ketones (excluding diaryl/α,β-unsaturated/α-hetero) is 2. The van der Waals surface area contributed by atoms with Crippen molar-refractivity contribution in [1.82, 2.24) is 0 Å². The number of hydrogen-bond donors (Lipinski definition) is 2. The molecule has 2 N–H and O–H groups in total. The third-order valence-electron chi connectivity index (χ3n) is 6.64. The fraction of sp³-hybridized carbons (Fsp3) is 0.394. The first-order valence-corrected chi connectivity index (χ1v) is 13.0. The average Bonchev–Trinajstić information content (AvgIpc) is 2.83. The van der Waals surface area contributed by atoms with Crippen molar-refractivity contribution in [3.8, 4) is 0 Å². The molecular weight excluding hydrogens is 460 g/mol. The van der Waals surface area contributed by atoms with Crippen molar-refractivity contribution in [3.05, 3.63) is 99.4 Å². The molecule has 0 spiro atoms. The number of hydrogen-bond acceptors (Lipinski definition) is 4. The van der Waals surface area contributed by atoms with Crippen LogP contribution in [0.1, 0.15) is 86.1 Å². The lowest BCUT2D eigenvalue weighted by molar-refractivity contribution is -0.137. The van der Waals surface area contributed by atoms with Gasteiger partial charge in [0, 0.05) is 11.1 Å². The summed E-state index contributed by atoms with van der Waals surface area (Å²) in [6.07, 6.45) is 10.2. The molecule has 1 aromatic carbocycles. The zero-order valence-corrected chi connectivity index (χ0v) is 23.4. The maximum Gasteiger partial charge on any atom is 0.184 e. The van der Waals surface area contributed by atoms with Crippen LogP contribution in [0, 0.1) is 5.41 Å². The van der Waals surface area contributed by atoms with E-state index in [9.17, 15) is 19.8 Å². The number of aliphatic hydroxyl groups excluding tert-OH is 2. The van der Waals surface area contributed by atoms with Crippen LogP contribution >= 0.6 is 0 Å². The molecule has 0 radical (unpaired) electrons. The molecule has 0 saturated heterocycles. The number of ketones is 2. The van der Waals surface area contributed by atoms with Gasteiger partial charge in [0.25, 0.3) is 0 Å². The quantitative estimate of drug-likeness (QED) is 0.145. The second-order valence-corrected chi connectivity index (χ2v) is 10.7. The monoisotopic (exact) mass is 502 g/mol. The maximum absolute atomic E-state index is 14.2. The van der Waals surface area contributed by atoms with Gasteiger partial charge in [0.2, 0.25) is 0 Å². The molecule has 4 heteroatoms. The molecule has 1 aliphatic rings. The SMILES string of the molecule is CC(C)=CCCC(C)=CCC1(CC=C(C)C)C(=O)C(CC=C(C)C)=C(O)C(=C(O)c2ccccc2)C1=O.